The maximum absolute atomic E-state index is 5.11. The molecule has 2 heterocycles. The van der Waals surface area contributed by atoms with Gasteiger partial charge in [0.15, 0.2) is 17.5 Å². The second kappa shape index (κ2) is 11.4. The van der Waals surface area contributed by atoms with Crippen LogP contribution in [0.4, 0.5) is 0 Å². The van der Waals surface area contributed by atoms with Crippen molar-refractivity contribution < 1.29 is 0 Å². The Morgan fingerprint density at radius 2 is 0.915 bits per heavy atom. The topological polar surface area (TPSA) is 38.7 Å². The van der Waals surface area contributed by atoms with Crippen molar-refractivity contribution in [3.63, 3.8) is 0 Å². The van der Waals surface area contributed by atoms with E-state index in [1.54, 1.807) is 11.3 Å². The Balaban J connectivity index is 1.15. The van der Waals surface area contributed by atoms with E-state index in [4.69, 9.17) is 15.0 Å². The molecule has 3 nitrogen and oxygen atoms in total. The zero-order valence-electron chi connectivity index (χ0n) is 25.3. The van der Waals surface area contributed by atoms with Gasteiger partial charge in [-0.1, -0.05) is 146 Å². The molecule has 0 spiro atoms. The lowest BCUT2D eigenvalue weighted by Gasteiger charge is -2.11. The zero-order chi connectivity index (χ0) is 31.2. The molecular formula is C43H27N3S. The molecular weight excluding hydrogens is 591 g/mol. The molecule has 47 heavy (non-hydrogen) atoms. The molecule has 9 aromatic rings. The number of rotatable bonds is 5. The van der Waals surface area contributed by atoms with Crippen LogP contribution in [0.25, 0.3) is 87.4 Å². The molecule has 0 saturated carbocycles. The first-order valence-electron chi connectivity index (χ1n) is 15.7. The molecule has 0 unspecified atom stereocenters. The van der Waals surface area contributed by atoms with Gasteiger partial charge in [-0.3, -0.25) is 0 Å². The van der Waals surface area contributed by atoms with E-state index in [0.29, 0.717) is 17.5 Å². The highest BCUT2D eigenvalue weighted by Crippen LogP contribution is 2.40. The van der Waals surface area contributed by atoms with Crippen LogP contribution in [0.2, 0.25) is 0 Å². The number of benzene rings is 7. The molecule has 0 bridgehead atoms. The minimum absolute atomic E-state index is 0.655. The van der Waals surface area contributed by atoms with Crippen LogP contribution in [-0.2, 0) is 0 Å². The quantitative estimate of drug-likeness (QED) is 0.193. The van der Waals surface area contributed by atoms with E-state index in [2.05, 4.69) is 146 Å². The molecule has 7 aromatic carbocycles. The third-order valence-corrected chi connectivity index (χ3v) is 9.89. The highest BCUT2D eigenvalue weighted by Gasteiger charge is 2.17. The minimum atomic E-state index is 0.655. The number of thiophene rings is 1. The lowest BCUT2D eigenvalue weighted by atomic mass is 9.95. The highest BCUT2D eigenvalue weighted by atomic mass is 32.1. The fraction of sp³-hybridized carbons (Fsp3) is 0. The standard InChI is InChI=1S/C43H27N3S/c1-3-11-28(12-4-1)32-25-26-35-33(27-32)15-9-17-34(35)29-21-23-31(24-22-29)42-44-41(30-13-5-2-6-14-30)45-43(46-42)37-18-10-20-39-40(37)36-16-7-8-19-38(36)47-39/h1-27H. The van der Waals surface area contributed by atoms with Gasteiger partial charge in [-0.25, -0.2) is 15.0 Å². The molecule has 220 valence electrons. The van der Waals surface area contributed by atoms with Crippen LogP contribution in [0.3, 0.4) is 0 Å². The van der Waals surface area contributed by atoms with E-state index >= 15 is 0 Å². The second-order valence-electron chi connectivity index (χ2n) is 11.6. The Bertz CT molecular complexity index is 2550. The van der Waals surface area contributed by atoms with E-state index in [9.17, 15) is 0 Å². The third kappa shape index (κ3) is 4.96. The fourth-order valence-electron chi connectivity index (χ4n) is 6.45. The van der Waals surface area contributed by atoms with Crippen LogP contribution in [0.5, 0.6) is 0 Å². The van der Waals surface area contributed by atoms with E-state index in [0.717, 1.165) is 22.3 Å². The molecule has 0 fully saturated rings. The van der Waals surface area contributed by atoms with Gasteiger partial charge < -0.3 is 0 Å². The molecule has 0 saturated heterocycles. The Morgan fingerprint density at radius 1 is 0.340 bits per heavy atom. The molecule has 0 N–H and O–H groups in total. The smallest absolute Gasteiger partial charge is 0.164 e. The summed E-state index contributed by atoms with van der Waals surface area (Å²) in [5, 5.41) is 4.86. The van der Waals surface area contributed by atoms with Crippen molar-refractivity contribution >= 4 is 42.3 Å². The Kier molecular flexibility index (Phi) is 6.65. The van der Waals surface area contributed by atoms with Crippen LogP contribution in [-0.4, -0.2) is 15.0 Å². The van der Waals surface area contributed by atoms with Crippen molar-refractivity contribution in [2.24, 2.45) is 0 Å². The summed E-state index contributed by atoms with van der Waals surface area (Å²) in [6, 6.07) is 57.5. The molecule has 9 rings (SSSR count). The average Bonchev–Trinajstić information content (AvgIpc) is 3.54. The lowest BCUT2D eigenvalue weighted by molar-refractivity contribution is 1.08. The Hall–Kier alpha value is -5.97. The maximum atomic E-state index is 5.11. The number of fused-ring (bicyclic) bond motifs is 4. The average molecular weight is 618 g/mol. The van der Waals surface area contributed by atoms with E-state index in [-0.39, 0.29) is 0 Å². The molecule has 0 aliphatic heterocycles. The van der Waals surface area contributed by atoms with Crippen LogP contribution in [0.1, 0.15) is 0 Å². The minimum Gasteiger partial charge on any atom is -0.208 e. The van der Waals surface area contributed by atoms with Gasteiger partial charge in [0.2, 0.25) is 0 Å². The predicted octanol–water partition coefficient (Wildman–Crippen LogP) is 11.7. The van der Waals surface area contributed by atoms with Crippen LogP contribution in [0, 0.1) is 0 Å². The second-order valence-corrected chi connectivity index (χ2v) is 12.7. The summed E-state index contributed by atoms with van der Waals surface area (Å²) in [7, 11) is 0. The molecule has 0 radical (unpaired) electrons. The first-order chi connectivity index (χ1) is 23.3. The Labute approximate surface area is 276 Å². The van der Waals surface area contributed by atoms with Crippen LogP contribution < -0.4 is 0 Å². The fourth-order valence-corrected chi connectivity index (χ4v) is 7.58. The largest absolute Gasteiger partial charge is 0.208 e. The number of hydrogen-bond donors (Lipinski definition) is 0. The SMILES string of the molecule is c1ccc(-c2ccc3c(-c4ccc(-c5nc(-c6ccccc6)nc(-c6cccc7sc8ccccc8c67)n5)cc4)cccc3c2)cc1. The van der Waals surface area contributed by atoms with Crippen molar-refractivity contribution in [3.8, 4) is 56.4 Å². The predicted molar refractivity (Wildman–Crippen MR) is 197 cm³/mol. The first kappa shape index (κ1) is 27.3. The van der Waals surface area contributed by atoms with Crippen molar-refractivity contribution in [2.45, 2.75) is 0 Å². The summed E-state index contributed by atoms with van der Waals surface area (Å²) in [6.45, 7) is 0. The normalized spacial score (nSPS) is 11.4. The van der Waals surface area contributed by atoms with Crippen molar-refractivity contribution in [1.29, 1.82) is 0 Å². The maximum Gasteiger partial charge on any atom is 0.164 e. The molecule has 0 aliphatic carbocycles. The summed E-state index contributed by atoms with van der Waals surface area (Å²) in [5.41, 5.74) is 7.72. The van der Waals surface area contributed by atoms with Crippen molar-refractivity contribution in [2.75, 3.05) is 0 Å². The van der Waals surface area contributed by atoms with Crippen molar-refractivity contribution in [3.05, 3.63) is 164 Å². The van der Waals surface area contributed by atoms with Gasteiger partial charge in [-0.05, 0) is 51.2 Å². The summed E-state index contributed by atoms with van der Waals surface area (Å²) < 4.78 is 2.48. The molecule has 4 heteroatoms. The monoisotopic (exact) mass is 617 g/mol. The third-order valence-electron chi connectivity index (χ3n) is 8.75. The number of hydrogen-bond acceptors (Lipinski definition) is 4. The van der Waals surface area contributed by atoms with Gasteiger partial charge in [-0.2, -0.15) is 0 Å². The molecule has 2 aromatic heterocycles. The molecule has 0 amide bonds. The van der Waals surface area contributed by atoms with Crippen LogP contribution >= 0.6 is 11.3 Å². The van der Waals surface area contributed by atoms with Gasteiger partial charge in [0.05, 0.1) is 0 Å². The first-order valence-corrected chi connectivity index (χ1v) is 16.5. The highest BCUT2D eigenvalue weighted by molar-refractivity contribution is 7.25. The van der Waals surface area contributed by atoms with Gasteiger partial charge in [-0.15, -0.1) is 11.3 Å². The van der Waals surface area contributed by atoms with E-state index in [1.165, 1.54) is 47.6 Å². The van der Waals surface area contributed by atoms with Gasteiger partial charge in [0.1, 0.15) is 0 Å². The Morgan fingerprint density at radius 3 is 1.70 bits per heavy atom. The summed E-state index contributed by atoms with van der Waals surface area (Å²) in [4.78, 5) is 15.2. The summed E-state index contributed by atoms with van der Waals surface area (Å²) >= 11 is 1.80. The number of nitrogens with zero attached hydrogens (tertiary/aromatic N) is 3. The molecule has 0 aliphatic rings. The van der Waals surface area contributed by atoms with Gasteiger partial charge in [0, 0.05) is 36.9 Å². The van der Waals surface area contributed by atoms with Crippen molar-refractivity contribution in [1.82, 2.24) is 15.0 Å². The van der Waals surface area contributed by atoms with Gasteiger partial charge >= 0.3 is 0 Å². The van der Waals surface area contributed by atoms with Gasteiger partial charge in [0.25, 0.3) is 0 Å². The van der Waals surface area contributed by atoms with Crippen LogP contribution in [0.15, 0.2) is 164 Å². The van der Waals surface area contributed by atoms with E-state index in [1.807, 2.05) is 18.2 Å². The molecule has 0 atom stereocenters. The number of aromatic nitrogens is 3. The summed E-state index contributed by atoms with van der Waals surface area (Å²) in [5.74, 6) is 1.99. The summed E-state index contributed by atoms with van der Waals surface area (Å²) in [6.07, 6.45) is 0. The zero-order valence-corrected chi connectivity index (χ0v) is 26.2. The lowest BCUT2D eigenvalue weighted by Crippen LogP contribution is -2.00. The van der Waals surface area contributed by atoms with E-state index < -0.39 is 0 Å².